The molecule has 4 unspecified atom stereocenters. The largest absolute Gasteiger partial charge is 0.461 e. The van der Waals surface area contributed by atoms with Crippen molar-refractivity contribution in [3.05, 3.63) is 24.7 Å². The number of furan rings is 1. The molecule has 14 heteroatoms. The van der Waals surface area contributed by atoms with Crippen LogP contribution in [0.2, 0.25) is 18.1 Å². The number of hydrogen-bond donors (Lipinski definition) is 2. The zero-order valence-corrected chi connectivity index (χ0v) is 22.2. The first kappa shape index (κ1) is 24.0. The number of ether oxygens (including phenoxy) is 1. The normalized spacial score (nSPS) is 30.1. The van der Waals surface area contributed by atoms with Crippen LogP contribution in [0.1, 0.15) is 27.0 Å². The van der Waals surface area contributed by atoms with Crippen molar-refractivity contribution in [3.63, 3.8) is 0 Å². The van der Waals surface area contributed by atoms with E-state index in [9.17, 15) is 4.89 Å². The van der Waals surface area contributed by atoms with Gasteiger partial charge in [0.25, 0.3) is 0 Å². The van der Waals surface area contributed by atoms with Gasteiger partial charge in [-0.3, -0.25) is 9.09 Å². The molecule has 0 amide bonds. The maximum atomic E-state index is 10.4. The summed E-state index contributed by atoms with van der Waals surface area (Å²) in [5, 5.41) is -0.0896. The summed E-state index contributed by atoms with van der Waals surface area (Å²) in [5.74, 6) is 1.20. The molecule has 5 atom stereocenters. The summed E-state index contributed by atoms with van der Waals surface area (Å²) < 4.78 is 32.0. The number of aromatic nitrogens is 4. The lowest BCUT2D eigenvalue weighted by atomic mass is 10.1. The molecule has 184 valence electrons. The molecule has 0 saturated carbocycles. The molecule has 0 spiro atoms. The van der Waals surface area contributed by atoms with E-state index in [1.807, 2.05) is 0 Å². The molecule has 34 heavy (non-hydrogen) atoms. The molecule has 2 aliphatic heterocycles. The molecule has 3 aromatic rings. The van der Waals surface area contributed by atoms with Gasteiger partial charge in [-0.2, -0.15) is 0 Å². The smallest absolute Gasteiger partial charge is 0.325 e. The van der Waals surface area contributed by atoms with Crippen LogP contribution in [0.3, 0.4) is 0 Å². The number of nitrogens with zero attached hydrogens (tertiary/aromatic N) is 4. The van der Waals surface area contributed by atoms with Gasteiger partial charge in [0.1, 0.15) is 24.6 Å². The Kier molecular flexibility index (Phi) is 5.77. The zero-order valence-electron chi connectivity index (χ0n) is 19.5. The third kappa shape index (κ3) is 4.03. The Morgan fingerprint density at radius 2 is 2.09 bits per heavy atom. The lowest BCUT2D eigenvalue weighted by molar-refractivity contribution is -0.0586. The predicted molar refractivity (Wildman–Crippen MR) is 131 cm³/mol. The van der Waals surface area contributed by atoms with Crippen molar-refractivity contribution in [2.75, 3.05) is 12.3 Å². The first-order valence-corrected chi connectivity index (χ1v) is 16.4. The van der Waals surface area contributed by atoms with Crippen LogP contribution in [0.15, 0.2) is 29.1 Å². The van der Waals surface area contributed by atoms with Crippen LogP contribution in [0.25, 0.3) is 22.7 Å². The van der Waals surface area contributed by atoms with Crippen LogP contribution in [-0.2, 0) is 30.0 Å². The maximum Gasteiger partial charge on any atom is 0.325 e. The van der Waals surface area contributed by atoms with Gasteiger partial charge in [-0.15, -0.1) is 0 Å². The van der Waals surface area contributed by atoms with Crippen molar-refractivity contribution in [2.45, 2.75) is 63.4 Å². The number of hydrogen-bond acceptors (Lipinski definition) is 10. The Morgan fingerprint density at radius 3 is 2.76 bits per heavy atom. The van der Waals surface area contributed by atoms with E-state index in [-0.39, 0.29) is 17.5 Å². The van der Waals surface area contributed by atoms with E-state index in [2.05, 4.69) is 48.8 Å². The van der Waals surface area contributed by atoms with Gasteiger partial charge in [0, 0.05) is 0 Å². The Morgan fingerprint density at radius 1 is 1.32 bits per heavy atom. The van der Waals surface area contributed by atoms with Gasteiger partial charge in [0.05, 0.1) is 12.9 Å². The number of fused-ring (bicyclic) bond motifs is 2. The van der Waals surface area contributed by atoms with Crippen molar-refractivity contribution < 1.29 is 27.5 Å². The predicted octanol–water partition coefficient (Wildman–Crippen LogP) is 3.59. The second-order valence-electron chi connectivity index (χ2n) is 9.96. The minimum Gasteiger partial charge on any atom is -0.461 e. The molecule has 0 aliphatic carbocycles. The molecular formula is C20H28N5O6PSSi. The maximum absolute atomic E-state index is 10.4. The SMILES string of the molecule is CC(C)(C)[Si](C)(C)OC1C(n2c(-c3ccco3)nc3c(N)ncnc32)OC2COP(O)(=S)O[C@@H]21. The van der Waals surface area contributed by atoms with Crippen molar-refractivity contribution in [3.8, 4) is 11.6 Å². The van der Waals surface area contributed by atoms with Gasteiger partial charge in [-0.25, -0.2) is 15.0 Å². The van der Waals surface area contributed by atoms with Crippen molar-refractivity contribution in [2.24, 2.45) is 0 Å². The minimum atomic E-state index is -3.42. The fraction of sp³-hybridized carbons (Fsp3) is 0.550. The fourth-order valence-corrected chi connectivity index (χ4v) is 6.64. The van der Waals surface area contributed by atoms with Crippen molar-refractivity contribution >= 4 is 43.8 Å². The van der Waals surface area contributed by atoms with Crippen LogP contribution in [0.5, 0.6) is 0 Å². The molecule has 5 heterocycles. The van der Waals surface area contributed by atoms with E-state index < -0.39 is 39.6 Å². The Bertz CT molecular complexity index is 1260. The molecular weight excluding hydrogens is 497 g/mol. The summed E-state index contributed by atoms with van der Waals surface area (Å²) in [4.78, 5) is 23.7. The topological polar surface area (TPSA) is 140 Å². The summed E-state index contributed by atoms with van der Waals surface area (Å²) in [5.41, 5.74) is 7.01. The average Bonchev–Trinajstić information content (AvgIpc) is 3.44. The molecule has 11 nitrogen and oxygen atoms in total. The minimum absolute atomic E-state index is 0.0894. The molecule has 2 saturated heterocycles. The third-order valence-corrected chi connectivity index (χ3v) is 12.7. The van der Waals surface area contributed by atoms with Gasteiger partial charge < -0.3 is 28.7 Å². The molecule has 2 aliphatic rings. The highest BCUT2D eigenvalue weighted by Crippen LogP contribution is 2.55. The Labute approximate surface area is 203 Å². The first-order valence-electron chi connectivity index (χ1n) is 10.9. The van der Waals surface area contributed by atoms with Crippen LogP contribution < -0.4 is 5.73 Å². The van der Waals surface area contributed by atoms with Crippen LogP contribution in [0, 0.1) is 0 Å². The molecule has 0 radical (unpaired) electrons. The molecule has 0 bridgehead atoms. The van der Waals surface area contributed by atoms with E-state index in [4.69, 9.17) is 40.2 Å². The second kappa shape index (κ2) is 8.17. The number of anilines is 1. The van der Waals surface area contributed by atoms with Gasteiger partial charge in [-0.05, 0) is 42.1 Å². The van der Waals surface area contributed by atoms with Gasteiger partial charge in [0.15, 0.2) is 43.1 Å². The molecule has 5 rings (SSSR count). The summed E-state index contributed by atoms with van der Waals surface area (Å²) in [6.07, 6.45) is 0.451. The van der Waals surface area contributed by atoms with Gasteiger partial charge in [0.2, 0.25) is 0 Å². The lowest BCUT2D eigenvalue weighted by Gasteiger charge is -2.41. The van der Waals surface area contributed by atoms with Gasteiger partial charge >= 0.3 is 6.72 Å². The summed E-state index contributed by atoms with van der Waals surface area (Å²) >= 11 is 5.16. The van der Waals surface area contributed by atoms with Crippen molar-refractivity contribution in [1.29, 1.82) is 0 Å². The first-order chi connectivity index (χ1) is 15.9. The summed E-state index contributed by atoms with van der Waals surface area (Å²) in [6.45, 7) is 7.41. The number of rotatable bonds is 4. The quantitative estimate of drug-likeness (QED) is 0.381. The highest BCUT2D eigenvalue weighted by atomic mass is 32.5. The molecule has 3 N–H and O–H groups in total. The van der Waals surface area contributed by atoms with E-state index in [1.54, 1.807) is 23.0 Å². The number of imidazole rings is 1. The van der Waals surface area contributed by atoms with E-state index in [1.165, 1.54) is 6.33 Å². The summed E-state index contributed by atoms with van der Waals surface area (Å²) in [7, 11) is -2.33. The highest BCUT2D eigenvalue weighted by Gasteiger charge is 2.56. The van der Waals surface area contributed by atoms with Crippen molar-refractivity contribution in [1.82, 2.24) is 19.5 Å². The van der Waals surface area contributed by atoms with Gasteiger partial charge in [-0.1, -0.05) is 20.8 Å². The second-order valence-corrected chi connectivity index (χ2v) is 17.5. The highest BCUT2D eigenvalue weighted by molar-refractivity contribution is 8.07. The Hall–Kier alpha value is -1.70. The average molecular weight is 526 g/mol. The van der Waals surface area contributed by atoms with E-state index >= 15 is 0 Å². The van der Waals surface area contributed by atoms with Crippen LogP contribution in [0.4, 0.5) is 5.82 Å². The summed E-state index contributed by atoms with van der Waals surface area (Å²) in [6, 6.07) is 3.56. The third-order valence-electron chi connectivity index (χ3n) is 6.68. The van der Waals surface area contributed by atoms with Crippen LogP contribution in [-0.4, -0.2) is 57.6 Å². The monoisotopic (exact) mass is 525 g/mol. The lowest BCUT2D eigenvalue weighted by Crippen LogP contribution is -2.50. The standard InChI is InChI=1S/C20H28N5O6PSSi/c1-20(2,3)34(4,5)31-15-14-12(9-28-32(26,33)30-14)29-19(15)25-17(11-7-6-8-27-11)24-13-16(21)22-10-23-18(13)25/h6-8,10,12,14-15,19H,9H2,1-5H3,(H,26,33)(H2,21,22,23)/t12?,14-,15?,19?,32?/m0/s1. The molecule has 2 fully saturated rings. The molecule has 3 aromatic heterocycles. The zero-order chi connectivity index (χ0) is 24.5. The number of nitrogens with two attached hydrogens (primary N) is 1. The van der Waals surface area contributed by atoms with E-state index in [0.717, 1.165) is 0 Å². The van der Waals surface area contributed by atoms with E-state index in [0.29, 0.717) is 22.7 Å². The Balaban J connectivity index is 1.68. The fourth-order valence-electron chi connectivity index (χ4n) is 3.92. The number of nitrogen functional groups attached to an aromatic ring is 1. The van der Waals surface area contributed by atoms with Crippen LogP contribution >= 0.6 is 6.72 Å². The molecule has 0 aromatic carbocycles.